The Morgan fingerprint density at radius 1 is 1.44 bits per heavy atom. The van der Waals surface area contributed by atoms with Crippen molar-refractivity contribution in [3.63, 3.8) is 0 Å². The third-order valence-electron chi connectivity index (χ3n) is 2.14. The van der Waals surface area contributed by atoms with E-state index in [0.29, 0.717) is 11.6 Å². The molecular formula is C11H9Cl2N3O2. The van der Waals surface area contributed by atoms with Crippen LogP contribution in [0.3, 0.4) is 0 Å². The second-order valence-electron chi connectivity index (χ2n) is 3.47. The molecule has 0 fully saturated rings. The van der Waals surface area contributed by atoms with Gasteiger partial charge >= 0.3 is 5.88 Å². The highest BCUT2D eigenvalue weighted by Crippen LogP contribution is 2.14. The summed E-state index contributed by atoms with van der Waals surface area (Å²) in [5.74, 6) is -0.545. The molecule has 0 radical (unpaired) electrons. The molecule has 0 saturated carbocycles. The van der Waals surface area contributed by atoms with Gasteiger partial charge in [0.15, 0.2) is 0 Å². The van der Waals surface area contributed by atoms with Crippen molar-refractivity contribution in [2.45, 2.75) is 6.54 Å². The number of halogens is 2. The normalized spacial score (nSPS) is 11.8. The van der Waals surface area contributed by atoms with Gasteiger partial charge in [-0.15, -0.1) is 11.6 Å². The van der Waals surface area contributed by atoms with Crippen molar-refractivity contribution in [2.75, 3.05) is 5.88 Å². The van der Waals surface area contributed by atoms with E-state index in [4.69, 9.17) is 27.7 Å². The minimum absolute atomic E-state index is 0.118. The zero-order valence-electron chi connectivity index (χ0n) is 9.22. The monoisotopic (exact) mass is 285 g/mol. The molecule has 0 aliphatic carbocycles. The van der Waals surface area contributed by atoms with Crippen LogP contribution in [0.15, 0.2) is 40.0 Å². The van der Waals surface area contributed by atoms with Crippen LogP contribution in [-0.2, 0) is 6.54 Å². The van der Waals surface area contributed by atoms with Crippen LogP contribution >= 0.6 is 23.2 Å². The summed E-state index contributed by atoms with van der Waals surface area (Å²) in [5.41, 5.74) is 0.896. The molecule has 0 amide bonds. The number of alkyl halides is 1. The first-order valence-electron chi connectivity index (χ1n) is 5.09. The van der Waals surface area contributed by atoms with Gasteiger partial charge in [0.25, 0.3) is 6.20 Å². The first-order valence-corrected chi connectivity index (χ1v) is 6.00. The van der Waals surface area contributed by atoms with Gasteiger partial charge in [-0.3, -0.25) is 4.52 Å². The molecular weight excluding hydrogens is 277 g/mol. The van der Waals surface area contributed by atoms with Crippen LogP contribution in [0.25, 0.3) is 0 Å². The Morgan fingerprint density at radius 3 is 2.94 bits per heavy atom. The van der Waals surface area contributed by atoms with Crippen molar-refractivity contribution in [1.82, 2.24) is 5.27 Å². The summed E-state index contributed by atoms with van der Waals surface area (Å²) in [7, 11) is 0. The summed E-state index contributed by atoms with van der Waals surface area (Å²) in [5, 5.41) is 15.4. The smallest absolute Gasteiger partial charge is 0.320 e. The maximum absolute atomic E-state index is 11.0. The number of hydrogen-bond donors (Lipinski definition) is 0. The molecule has 0 aliphatic heterocycles. The van der Waals surface area contributed by atoms with Crippen LogP contribution in [0.2, 0.25) is 5.02 Å². The first-order chi connectivity index (χ1) is 8.69. The average Bonchev–Trinajstić information content (AvgIpc) is 2.79. The number of benzene rings is 1. The van der Waals surface area contributed by atoms with Crippen LogP contribution in [0.4, 0.5) is 5.88 Å². The van der Waals surface area contributed by atoms with Gasteiger partial charge in [0.05, 0.1) is 10.9 Å². The molecule has 5 nitrogen and oxygen atoms in total. The van der Waals surface area contributed by atoms with Gasteiger partial charge in [-0.05, 0) is 16.6 Å². The van der Waals surface area contributed by atoms with E-state index < -0.39 is 5.90 Å². The van der Waals surface area contributed by atoms with E-state index in [2.05, 4.69) is 10.3 Å². The number of nitrogens with zero attached hydrogens (tertiary/aromatic N) is 3. The Morgan fingerprint density at radius 2 is 2.22 bits per heavy atom. The third kappa shape index (κ3) is 3.21. The largest absolute Gasteiger partial charge is 0.861 e. The summed E-state index contributed by atoms with van der Waals surface area (Å²) in [6, 6.07) is 7.40. The molecule has 0 aliphatic rings. The second-order valence-corrected chi connectivity index (χ2v) is 4.14. The van der Waals surface area contributed by atoms with Gasteiger partial charge in [-0.2, -0.15) is 0 Å². The predicted octanol–water partition coefficient (Wildman–Crippen LogP) is 1.29. The SMILES string of the molecule is [O-]/C(CCl)=N/c1c[n+](Cc2ccccc2Cl)no1. The standard InChI is InChI=1S/C11H9Cl2N3O2/c12-5-10(17)14-11-7-16(15-18-11)6-8-3-1-2-4-9(8)13/h1-4,7H,5-6H2. The lowest BCUT2D eigenvalue weighted by molar-refractivity contribution is -0.754. The fraction of sp³-hybridized carbons (Fsp3) is 0.182. The van der Waals surface area contributed by atoms with E-state index >= 15 is 0 Å². The molecule has 0 unspecified atom stereocenters. The molecule has 94 valence electrons. The number of aliphatic imine (C=N–C) groups is 1. The van der Waals surface area contributed by atoms with Crippen molar-refractivity contribution >= 4 is 35.0 Å². The van der Waals surface area contributed by atoms with E-state index in [1.54, 1.807) is 6.07 Å². The van der Waals surface area contributed by atoms with Gasteiger partial charge in [-0.25, -0.2) is 4.99 Å². The van der Waals surface area contributed by atoms with Crippen molar-refractivity contribution < 1.29 is 14.3 Å². The van der Waals surface area contributed by atoms with E-state index in [1.165, 1.54) is 10.9 Å². The maximum atomic E-state index is 11.0. The summed E-state index contributed by atoms with van der Waals surface area (Å²) >= 11 is 11.4. The molecule has 0 saturated heterocycles. The fourth-order valence-electron chi connectivity index (χ4n) is 1.35. The van der Waals surface area contributed by atoms with Crippen LogP contribution in [-0.4, -0.2) is 17.0 Å². The van der Waals surface area contributed by atoms with Gasteiger partial charge < -0.3 is 5.11 Å². The number of hydrogen-bond acceptors (Lipinski definition) is 4. The summed E-state index contributed by atoms with van der Waals surface area (Å²) < 4.78 is 6.37. The topological polar surface area (TPSA) is 65.3 Å². The molecule has 2 rings (SSSR count). The Balaban J connectivity index is 2.14. The summed E-state index contributed by atoms with van der Waals surface area (Å²) in [4.78, 5) is 3.61. The van der Waals surface area contributed by atoms with Crippen LogP contribution in [0.5, 0.6) is 0 Å². The Bertz CT molecular complexity index is 569. The first kappa shape index (κ1) is 12.9. The lowest BCUT2D eigenvalue weighted by atomic mass is 10.2. The molecule has 7 heteroatoms. The number of aromatic nitrogens is 2. The molecule has 1 aromatic carbocycles. The van der Waals surface area contributed by atoms with Crippen molar-refractivity contribution in [1.29, 1.82) is 0 Å². The van der Waals surface area contributed by atoms with Gasteiger partial charge in [0, 0.05) is 5.56 Å². The quantitative estimate of drug-likeness (QED) is 0.368. The fourth-order valence-corrected chi connectivity index (χ4v) is 1.60. The minimum Gasteiger partial charge on any atom is -0.861 e. The molecule has 0 atom stereocenters. The molecule has 2 aromatic rings. The third-order valence-corrected chi connectivity index (χ3v) is 2.74. The van der Waals surface area contributed by atoms with Crippen LogP contribution in [0.1, 0.15) is 5.56 Å². The Kier molecular flexibility index (Phi) is 4.17. The van der Waals surface area contributed by atoms with Crippen LogP contribution < -0.4 is 9.79 Å². The maximum Gasteiger partial charge on any atom is 0.320 e. The lowest BCUT2D eigenvalue weighted by Gasteiger charge is -2.00. The molecule has 0 spiro atoms. The van der Waals surface area contributed by atoms with Gasteiger partial charge in [-0.1, -0.05) is 29.8 Å². The van der Waals surface area contributed by atoms with E-state index in [1.807, 2.05) is 18.2 Å². The van der Waals surface area contributed by atoms with Crippen molar-refractivity contribution in [2.24, 2.45) is 4.99 Å². The van der Waals surface area contributed by atoms with Gasteiger partial charge in [0.1, 0.15) is 0 Å². The van der Waals surface area contributed by atoms with Gasteiger partial charge in [0.2, 0.25) is 11.8 Å². The Hall–Kier alpha value is -1.59. The van der Waals surface area contributed by atoms with E-state index in [0.717, 1.165) is 5.56 Å². The van der Waals surface area contributed by atoms with Crippen molar-refractivity contribution in [3.8, 4) is 0 Å². The summed E-state index contributed by atoms with van der Waals surface area (Å²) in [6.45, 7) is 0.438. The highest BCUT2D eigenvalue weighted by Gasteiger charge is 2.13. The van der Waals surface area contributed by atoms with Crippen molar-refractivity contribution in [3.05, 3.63) is 41.0 Å². The van der Waals surface area contributed by atoms with E-state index in [-0.39, 0.29) is 11.8 Å². The minimum atomic E-state index is -0.474. The zero-order chi connectivity index (χ0) is 13.0. The average molecular weight is 286 g/mol. The molecule has 0 bridgehead atoms. The molecule has 0 N–H and O–H groups in total. The molecule has 1 heterocycles. The Labute approximate surface area is 113 Å². The predicted molar refractivity (Wildman–Crippen MR) is 65.1 cm³/mol. The highest BCUT2D eigenvalue weighted by molar-refractivity contribution is 6.31. The molecule has 18 heavy (non-hydrogen) atoms. The lowest BCUT2D eigenvalue weighted by Crippen LogP contribution is -2.35. The van der Waals surface area contributed by atoms with Crippen LogP contribution in [0, 0.1) is 0 Å². The van der Waals surface area contributed by atoms with E-state index in [9.17, 15) is 5.11 Å². The number of rotatable bonds is 4. The zero-order valence-corrected chi connectivity index (χ0v) is 10.7. The highest BCUT2D eigenvalue weighted by atomic mass is 35.5. The summed E-state index contributed by atoms with van der Waals surface area (Å²) in [6.07, 6.45) is 1.51. The molecule has 1 aromatic heterocycles. The second kappa shape index (κ2) is 5.84.